The van der Waals surface area contributed by atoms with Crippen LogP contribution in [0.25, 0.3) is 0 Å². The molecule has 0 spiro atoms. The first-order valence-corrected chi connectivity index (χ1v) is 6.04. The average molecular weight is 252 g/mol. The van der Waals surface area contributed by atoms with Gasteiger partial charge >= 0.3 is 0 Å². The van der Waals surface area contributed by atoms with E-state index in [0.29, 0.717) is 0 Å². The monoisotopic (exact) mass is 252 g/mol. The predicted octanol–water partition coefficient (Wildman–Crippen LogP) is 3.80. The van der Waals surface area contributed by atoms with Gasteiger partial charge in [-0.15, -0.1) is 0 Å². The molecule has 4 heteroatoms. The van der Waals surface area contributed by atoms with Gasteiger partial charge in [-0.1, -0.05) is 24.3 Å². The summed E-state index contributed by atoms with van der Waals surface area (Å²) in [6, 6.07) is 14.8. The highest BCUT2D eigenvalue weighted by Gasteiger charge is 2.14. The number of fused-ring (bicyclic) bond motifs is 1. The number of nitrogens with zero attached hydrogens (tertiary/aromatic N) is 2. The molecule has 0 atom stereocenters. The first-order chi connectivity index (χ1) is 9.25. The van der Waals surface area contributed by atoms with Crippen molar-refractivity contribution in [3.63, 3.8) is 0 Å². The van der Waals surface area contributed by atoms with E-state index in [1.165, 1.54) is 17.7 Å². The summed E-state index contributed by atoms with van der Waals surface area (Å²) in [6.07, 6.45) is 5.01. The van der Waals surface area contributed by atoms with Crippen molar-refractivity contribution in [2.45, 2.75) is 6.42 Å². The maximum Gasteiger partial charge on any atom is 0.269 e. The fraction of sp³-hybridized carbons (Fsp3) is 0.0667. The number of allylic oxidation sites excluding steroid dienone is 1. The lowest BCUT2D eigenvalue weighted by Gasteiger charge is -2.26. The predicted molar refractivity (Wildman–Crippen MR) is 74.5 cm³/mol. The second kappa shape index (κ2) is 4.57. The van der Waals surface area contributed by atoms with E-state index in [9.17, 15) is 10.1 Å². The van der Waals surface area contributed by atoms with Crippen molar-refractivity contribution in [2.24, 2.45) is 0 Å². The van der Waals surface area contributed by atoms with Crippen molar-refractivity contribution in [2.75, 3.05) is 4.90 Å². The summed E-state index contributed by atoms with van der Waals surface area (Å²) in [5.74, 6) is 0. The lowest BCUT2D eigenvalue weighted by atomic mass is 10.1. The molecule has 2 aromatic rings. The van der Waals surface area contributed by atoms with Gasteiger partial charge in [0.15, 0.2) is 0 Å². The Morgan fingerprint density at radius 2 is 1.79 bits per heavy atom. The minimum Gasteiger partial charge on any atom is -0.317 e. The molecule has 4 nitrogen and oxygen atoms in total. The van der Waals surface area contributed by atoms with Gasteiger partial charge in [-0.25, -0.2) is 0 Å². The fourth-order valence-corrected chi connectivity index (χ4v) is 2.24. The molecular weight excluding hydrogens is 240 g/mol. The van der Waals surface area contributed by atoms with Crippen LogP contribution in [0.15, 0.2) is 60.8 Å². The zero-order valence-electron chi connectivity index (χ0n) is 10.2. The molecule has 0 fully saturated rings. The van der Waals surface area contributed by atoms with Gasteiger partial charge in [-0.2, -0.15) is 0 Å². The molecule has 3 rings (SSSR count). The quantitative estimate of drug-likeness (QED) is 0.603. The van der Waals surface area contributed by atoms with Crippen molar-refractivity contribution in [1.29, 1.82) is 0 Å². The summed E-state index contributed by atoms with van der Waals surface area (Å²) in [4.78, 5) is 12.3. The number of non-ortho nitro benzene ring substituents is 1. The molecule has 19 heavy (non-hydrogen) atoms. The average Bonchev–Trinajstić information content (AvgIpc) is 2.47. The smallest absolute Gasteiger partial charge is 0.269 e. The Labute approximate surface area is 110 Å². The van der Waals surface area contributed by atoms with Gasteiger partial charge in [0.05, 0.1) is 4.92 Å². The molecule has 1 aliphatic rings. The molecule has 1 heterocycles. The van der Waals surface area contributed by atoms with E-state index in [2.05, 4.69) is 18.2 Å². The molecular formula is C15H12N2O2. The minimum atomic E-state index is -0.385. The Bertz CT molecular complexity index is 647. The van der Waals surface area contributed by atoms with Crippen LogP contribution in [0.4, 0.5) is 17.1 Å². The molecule has 1 aliphatic heterocycles. The standard InChI is InChI=1S/C15H12N2O2/c18-17(19)14-9-7-13(8-10-14)16-11-3-5-12-4-1-2-6-15(12)16/h1-4,6-11H,5H2. The third-order valence-electron chi connectivity index (χ3n) is 3.18. The third kappa shape index (κ3) is 2.08. The number of benzene rings is 2. The number of nitro groups is 1. The van der Waals surface area contributed by atoms with Crippen molar-refractivity contribution in [1.82, 2.24) is 0 Å². The number of rotatable bonds is 2. The molecule has 0 amide bonds. The van der Waals surface area contributed by atoms with E-state index in [1.54, 1.807) is 12.1 Å². The van der Waals surface area contributed by atoms with Crippen LogP contribution < -0.4 is 4.90 Å². The normalized spacial score (nSPS) is 13.2. The lowest BCUT2D eigenvalue weighted by molar-refractivity contribution is -0.384. The summed E-state index contributed by atoms with van der Waals surface area (Å²) in [5.41, 5.74) is 3.41. The van der Waals surface area contributed by atoms with Crippen LogP contribution in [0.2, 0.25) is 0 Å². The third-order valence-corrected chi connectivity index (χ3v) is 3.18. The van der Waals surface area contributed by atoms with E-state index in [0.717, 1.165) is 17.8 Å². The van der Waals surface area contributed by atoms with E-state index >= 15 is 0 Å². The second-order valence-electron chi connectivity index (χ2n) is 4.36. The van der Waals surface area contributed by atoms with Crippen LogP contribution in [0, 0.1) is 10.1 Å². The molecule has 0 aromatic heterocycles. The fourth-order valence-electron chi connectivity index (χ4n) is 2.24. The molecule has 94 valence electrons. The highest BCUT2D eigenvalue weighted by Crippen LogP contribution is 2.33. The van der Waals surface area contributed by atoms with Crippen LogP contribution in [-0.4, -0.2) is 4.92 Å². The van der Waals surface area contributed by atoms with Crippen molar-refractivity contribution in [3.05, 3.63) is 76.5 Å². The van der Waals surface area contributed by atoms with Crippen molar-refractivity contribution < 1.29 is 4.92 Å². The first kappa shape index (κ1) is 11.5. The SMILES string of the molecule is O=[N+]([O-])c1ccc(N2C=CCc3ccccc32)cc1. The summed E-state index contributed by atoms with van der Waals surface area (Å²) >= 11 is 0. The molecule has 0 radical (unpaired) electrons. The molecule has 2 aromatic carbocycles. The van der Waals surface area contributed by atoms with Gasteiger partial charge in [0.25, 0.3) is 5.69 Å². The number of para-hydroxylation sites is 1. The van der Waals surface area contributed by atoms with E-state index in [1.807, 2.05) is 23.2 Å². The zero-order valence-corrected chi connectivity index (χ0v) is 10.2. The zero-order chi connectivity index (χ0) is 13.2. The molecule has 0 bridgehead atoms. The summed E-state index contributed by atoms with van der Waals surface area (Å²) in [7, 11) is 0. The topological polar surface area (TPSA) is 46.4 Å². The van der Waals surface area contributed by atoms with Crippen LogP contribution in [0.3, 0.4) is 0 Å². The number of hydrogen-bond donors (Lipinski definition) is 0. The highest BCUT2D eigenvalue weighted by atomic mass is 16.6. The Morgan fingerprint density at radius 1 is 1.05 bits per heavy atom. The maximum absolute atomic E-state index is 10.7. The van der Waals surface area contributed by atoms with Crippen LogP contribution >= 0.6 is 0 Å². The summed E-state index contributed by atoms with van der Waals surface area (Å²) in [5, 5.41) is 10.7. The largest absolute Gasteiger partial charge is 0.317 e. The van der Waals surface area contributed by atoms with Crippen LogP contribution in [-0.2, 0) is 6.42 Å². The Kier molecular flexibility index (Phi) is 2.76. The Hall–Kier alpha value is -2.62. The number of nitro benzene ring substituents is 1. The lowest BCUT2D eigenvalue weighted by Crippen LogP contribution is -2.13. The Morgan fingerprint density at radius 3 is 2.53 bits per heavy atom. The van der Waals surface area contributed by atoms with Crippen LogP contribution in [0.1, 0.15) is 5.56 Å². The molecule has 0 unspecified atom stereocenters. The highest BCUT2D eigenvalue weighted by molar-refractivity contribution is 5.71. The van der Waals surface area contributed by atoms with E-state index < -0.39 is 0 Å². The van der Waals surface area contributed by atoms with Gasteiger partial charge in [0.1, 0.15) is 0 Å². The number of hydrogen-bond acceptors (Lipinski definition) is 3. The molecule has 0 aliphatic carbocycles. The van der Waals surface area contributed by atoms with Gasteiger partial charge in [0.2, 0.25) is 0 Å². The van der Waals surface area contributed by atoms with Crippen LogP contribution in [0.5, 0.6) is 0 Å². The maximum atomic E-state index is 10.7. The molecule has 0 saturated carbocycles. The molecule has 0 N–H and O–H groups in total. The van der Waals surface area contributed by atoms with Gasteiger partial charge < -0.3 is 4.90 Å². The van der Waals surface area contributed by atoms with Gasteiger partial charge in [-0.3, -0.25) is 10.1 Å². The van der Waals surface area contributed by atoms with Crippen molar-refractivity contribution in [3.8, 4) is 0 Å². The first-order valence-electron chi connectivity index (χ1n) is 6.04. The summed E-state index contributed by atoms with van der Waals surface area (Å²) < 4.78 is 0. The van der Waals surface area contributed by atoms with Gasteiger partial charge in [0, 0.05) is 29.7 Å². The second-order valence-corrected chi connectivity index (χ2v) is 4.36. The number of anilines is 2. The molecule has 0 saturated heterocycles. The van der Waals surface area contributed by atoms with Crippen molar-refractivity contribution >= 4 is 17.1 Å². The summed E-state index contributed by atoms with van der Waals surface area (Å²) in [6.45, 7) is 0. The van der Waals surface area contributed by atoms with E-state index in [-0.39, 0.29) is 10.6 Å². The Balaban J connectivity index is 2.00. The van der Waals surface area contributed by atoms with Gasteiger partial charge in [-0.05, 0) is 30.2 Å². The minimum absolute atomic E-state index is 0.109. The van der Waals surface area contributed by atoms with E-state index in [4.69, 9.17) is 0 Å².